The molecule has 1 N–H and O–H groups in total. The fourth-order valence-electron chi connectivity index (χ4n) is 2.95. The normalized spacial score (nSPS) is 28.5. The molecule has 2 amide bonds. The van der Waals surface area contributed by atoms with Gasteiger partial charge in [-0.05, 0) is 37.5 Å². The zero-order valence-corrected chi connectivity index (χ0v) is 12.3. The Balaban J connectivity index is 2.11. The van der Waals surface area contributed by atoms with Gasteiger partial charge in [0.2, 0.25) is 11.8 Å². The van der Waals surface area contributed by atoms with Gasteiger partial charge in [-0.2, -0.15) is 0 Å². The number of amides is 2. The molecule has 19 heavy (non-hydrogen) atoms. The summed E-state index contributed by atoms with van der Waals surface area (Å²) in [6, 6.07) is -0.563. The van der Waals surface area contributed by atoms with E-state index in [1.807, 2.05) is 11.8 Å². The summed E-state index contributed by atoms with van der Waals surface area (Å²) in [6.07, 6.45) is 5.12. The molecule has 4 nitrogen and oxygen atoms in total. The van der Waals surface area contributed by atoms with E-state index in [-0.39, 0.29) is 23.9 Å². The SMILES string of the molecule is CCC1NC(=O)C(CC(C)C)N(CC2CCC2)C1=O. The monoisotopic (exact) mass is 266 g/mol. The van der Waals surface area contributed by atoms with Crippen molar-refractivity contribution in [3.63, 3.8) is 0 Å². The number of nitrogens with zero attached hydrogens (tertiary/aromatic N) is 1. The minimum Gasteiger partial charge on any atom is -0.343 e. The van der Waals surface area contributed by atoms with Crippen molar-refractivity contribution in [2.45, 2.75) is 65.0 Å². The second kappa shape index (κ2) is 5.93. The van der Waals surface area contributed by atoms with Gasteiger partial charge in [0, 0.05) is 6.54 Å². The minimum atomic E-state index is -0.309. The third kappa shape index (κ3) is 3.10. The minimum absolute atomic E-state index is 0.0412. The quantitative estimate of drug-likeness (QED) is 0.826. The van der Waals surface area contributed by atoms with E-state index in [0.29, 0.717) is 18.3 Å². The Morgan fingerprint density at radius 3 is 2.47 bits per heavy atom. The molecule has 4 heteroatoms. The zero-order valence-electron chi connectivity index (χ0n) is 12.3. The lowest BCUT2D eigenvalue weighted by Crippen LogP contribution is -2.64. The summed E-state index contributed by atoms with van der Waals surface area (Å²) in [5, 5.41) is 2.88. The first-order chi connectivity index (χ1) is 9.02. The predicted molar refractivity (Wildman–Crippen MR) is 74.5 cm³/mol. The van der Waals surface area contributed by atoms with Gasteiger partial charge in [-0.15, -0.1) is 0 Å². The van der Waals surface area contributed by atoms with Crippen molar-refractivity contribution in [2.24, 2.45) is 11.8 Å². The van der Waals surface area contributed by atoms with Crippen LogP contribution in [0.3, 0.4) is 0 Å². The Kier molecular flexibility index (Phi) is 4.48. The molecular weight excluding hydrogens is 240 g/mol. The summed E-state index contributed by atoms with van der Waals surface area (Å²) in [6.45, 7) is 6.93. The molecule has 2 fully saturated rings. The van der Waals surface area contributed by atoms with E-state index in [1.165, 1.54) is 19.3 Å². The molecule has 2 unspecified atom stereocenters. The van der Waals surface area contributed by atoms with Crippen LogP contribution in [-0.4, -0.2) is 35.3 Å². The molecule has 1 aliphatic carbocycles. The molecule has 1 heterocycles. The van der Waals surface area contributed by atoms with Gasteiger partial charge in [0.25, 0.3) is 0 Å². The molecule has 108 valence electrons. The standard InChI is InChI=1S/C15H26N2O2/c1-4-12-15(19)17(9-11-6-5-7-11)13(8-10(2)3)14(18)16-12/h10-13H,4-9H2,1-3H3,(H,16,18). The van der Waals surface area contributed by atoms with Gasteiger partial charge in [0.05, 0.1) is 0 Å². The number of nitrogens with one attached hydrogen (secondary N) is 1. The smallest absolute Gasteiger partial charge is 0.245 e. The third-order valence-electron chi connectivity index (χ3n) is 4.36. The largest absolute Gasteiger partial charge is 0.343 e. The number of carbonyl (C=O) groups excluding carboxylic acids is 2. The lowest BCUT2D eigenvalue weighted by molar-refractivity contribution is -0.151. The summed E-state index contributed by atoms with van der Waals surface area (Å²) in [4.78, 5) is 26.6. The molecular formula is C15H26N2O2. The molecule has 1 aliphatic heterocycles. The van der Waals surface area contributed by atoms with Crippen LogP contribution in [0, 0.1) is 11.8 Å². The first-order valence-electron chi connectivity index (χ1n) is 7.63. The molecule has 0 radical (unpaired) electrons. The van der Waals surface area contributed by atoms with E-state index in [1.54, 1.807) is 0 Å². The van der Waals surface area contributed by atoms with Gasteiger partial charge in [-0.3, -0.25) is 9.59 Å². The maximum atomic E-state index is 12.5. The van der Waals surface area contributed by atoms with Crippen LogP contribution in [0.2, 0.25) is 0 Å². The van der Waals surface area contributed by atoms with Gasteiger partial charge in [-0.25, -0.2) is 0 Å². The molecule has 1 saturated carbocycles. The number of piperazine rings is 1. The number of hydrogen-bond donors (Lipinski definition) is 1. The Morgan fingerprint density at radius 2 is 2.00 bits per heavy atom. The van der Waals surface area contributed by atoms with Crippen LogP contribution in [0.5, 0.6) is 0 Å². The second-order valence-electron chi connectivity index (χ2n) is 6.40. The Hall–Kier alpha value is -1.06. The maximum Gasteiger partial charge on any atom is 0.245 e. The summed E-state index contributed by atoms with van der Waals surface area (Å²) >= 11 is 0. The first kappa shape index (κ1) is 14.4. The van der Waals surface area contributed by atoms with E-state index in [0.717, 1.165) is 13.0 Å². The van der Waals surface area contributed by atoms with Gasteiger partial charge < -0.3 is 10.2 Å². The van der Waals surface area contributed by atoms with E-state index in [2.05, 4.69) is 19.2 Å². The number of rotatable bonds is 5. The molecule has 0 aromatic rings. The first-order valence-corrected chi connectivity index (χ1v) is 7.63. The third-order valence-corrected chi connectivity index (χ3v) is 4.36. The van der Waals surface area contributed by atoms with Crippen molar-refractivity contribution in [3.05, 3.63) is 0 Å². The summed E-state index contributed by atoms with van der Waals surface area (Å²) in [5.41, 5.74) is 0. The van der Waals surface area contributed by atoms with E-state index < -0.39 is 0 Å². The average Bonchev–Trinajstić information content (AvgIpc) is 2.30. The molecule has 0 aromatic carbocycles. The molecule has 2 aliphatic rings. The highest BCUT2D eigenvalue weighted by molar-refractivity contribution is 5.96. The van der Waals surface area contributed by atoms with Crippen molar-refractivity contribution in [1.82, 2.24) is 10.2 Å². The molecule has 1 saturated heterocycles. The van der Waals surface area contributed by atoms with Gasteiger partial charge in [0.1, 0.15) is 12.1 Å². The van der Waals surface area contributed by atoms with E-state index in [9.17, 15) is 9.59 Å². The van der Waals surface area contributed by atoms with Gasteiger partial charge >= 0.3 is 0 Å². The Morgan fingerprint density at radius 1 is 1.32 bits per heavy atom. The van der Waals surface area contributed by atoms with E-state index >= 15 is 0 Å². The number of hydrogen-bond acceptors (Lipinski definition) is 2. The van der Waals surface area contributed by atoms with Gasteiger partial charge in [0.15, 0.2) is 0 Å². The zero-order chi connectivity index (χ0) is 14.0. The van der Waals surface area contributed by atoms with Crippen LogP contribution in [0.1, 0.15) is 52.9 Å². The summed E-state index contributed by atoms with van der Waals surface area (Å²) in [7, 11) is 0. The summed E-state index contributed by atoms with van der Waals surface area (Å²) in [5.74, 6) is 1.20. The van der Waals surface area contributed by atoms with Crippen LogP contribution >= 0.6 is 0 Å². The highest BCUT2D eigenvalue weighted by Gasteiger charge is 2.41. The second-order valence-corrected chi connectivity index (χ2v) is 6.40. The predicted octanol–water partition coefficient (Wildman–Crippen LogP) is 1.94. The van der Waals surface area contributed by atoms with Crippen LogP contribution in [0.15, 0.2) is 0 Å². The molecule has 0 bridgehead atoms. The fourth-order valence-corrected chi connectivity index (χ4v) is 2.95. The van der Waals surface area contributed by atoms with Crippen LogP contribution in [-0.2, 0) is 9.59 Å². The van der Waals surface area contributed by atoms with Gasteiger partial charge in [-0.1, -0.05) is 27.2 Å². The topological polar surface area (TPSA) is 49.4 Å². The van der Waals surface area contributed by atoms with E-state index in [4.69, 9.17) is 0 Å². The van der Waals surface area contributed by atoms with Crippen LogP contribution in [0.4, 0.5) is 0 Å². The molecule has 2 atom stereocenters. The highest BCUT2D eigenvalue weighted by Crippen LogP contribution is 2.29. The lowest BCUT2D eigenvalue weighted by Gasteiger charge is -2.42. The molecule has 0 spiro atoms. The average molecular weight is 266 g/mol. The van der Waals surface area contributed by atoms with Crippen LogP contribution in [0.25, 0.3) is 0 Å². The Bertz CT molecular complexity index is 350. The Labute approximate surface area is 115 Å². The maximum absolute atomic E-state index is 12.5. The molecule has 2 rings (SSSR count). The highest BCUT2D eigenvalue weighted by atomic mass is 16.2. The van der Waals surface area contributed by atoms with Crippen molar-refractivity contribution < 1.29 is 9.59 Å². The fraction of sp³-hybridized carbons (Fsp3) is 0.867. The van der Waals surface area contributed by atoms with Crippen molar-refractivity contribution in [3.8, 4) is 0 Å². The summed E-state index contributed by atoms with van der Waals surface area (Å²) < 4.78 is 0. The van der Waals surface area contributed by atoms with Crippen molar-refractivity contribution in [2.75, 3.05) is 6.54 Å². The lowest BCUT2D eigenvalue weighted by atomic mass is 9.84. The van der Waals surface area contributed by atoms with Crippen molar-refractivity contribution >= 4 is 11.8 Å². The van der Waals surface area contributed by atoms with Crippen LogP contribution < -0.4 is 5.32 Å². The molecule has 0 aromatic heterocycles. The number of carbonyl (C=O) groups is 2. The van der Waals surface area contributed by atoms with Crippen molar-refractivity contribution in [1.29, 1.82) is 0 Å².